The van der Waals surface area contributed by atoms with Crippen molar-refractivity contribution in [2.24, 2.45) is 0 Å². The standard InChI is InChI=1S/C38H13F10N3S/c1-15(12-49)29-23-6-16(18-8-25(39)33(26(40)9-18)37(43,44)45)2-4-21(23)31-32-22-5-3-17(19-10-27(41)34(28(42)11-19)38(46,47)48)7-24(22)30(20(13-50)14-51)36(32)52-35(29)31/h2-11H,1H3/b29-15+. The molecular weight excluding hydrogens is 720 g/mol. The van der Waals surface area contributed by atoms with Crippen LogP contribution in [0.1, 0.15) is 38.9 Å². The lowest BCUT2D eigenvalue weighted by Crippen LogP contribution is -2.11. The van der Waals surface area contributed by atoms with Gasteiger partial charge in [-0.05, 0) is 87.8 Å². The highest BCUT2D eigenvalue weighted by Gasteiger charge is 2.41. The summed E-state index contributed by atoms with van der Waals surface area (Å²) in [6.45, 7) is 1.51. The van der Waals surface area contributed by atoms with Crippen LogP contribution in [-0.4, -0.2) is 0 Å². The number of hydrogen-bond donors (Lipinski definition) is 0. The van der Waals surface area contributed by atoms with E-state index in [9.17, 15) is 59.7 Å². The van der Waals surface area contributed by atoms with Crippen molar-refractivity contribution in [3.05, 3.63) is 127 Å². The Morgan fingerprint density at radius 2 is 0.904 bits per heavy atom. The quantitative estimate of drug-likeness (QED) is 0.131. The zero-order valence-electron chi connectivity index (χ0n) is 25.8. The highest BCUT2D eigenvalue weighted by molar-refractivity contribution is 7.16. The molecule has 1 aromatic heterocycles. The summed E-state index contributed by atoms with van der Waals surface area (Å²) in [4.78, 5) is 0.945. The Labute approximate surface area is 290 Å². The van der Waals surface area contributed by atoms with Crippen molar-refractivity contribution in [2.45, 2.75) is 19.3 Å². The second kappa shape index (κ2) is 11.7. The van der Waals surface area contributed by atoms with Crippen LogP contribution in [0.15, 0.2) is 71.8 Å². The number of rotatable bonds is 2. The minimum atomic E-state index is -5.29. The molecule has 0 spiro atoms. The van der Waals surface area contributed by atoms with Crippen molar-refractivity contribution in [2.75, 3.05) is 0 Å². The van der Waals surface area contributed by atoms with E-state index >= 15 is 0 Å². The normalized spacial score (nSPS) is 13.8. The molecule has 0 amide bonds. The van der Waals surface area contributed by atoms with E-state index in [0.717, 1.165) is 11.3 Å². The van der Waals surface area contributed by atoms with Crippen LogP contribution in [0.4, 0.5) is 43.9 Å². The van der Waals surface area contributed by atoms with Crippen molar-refractivity contribution in [1.29, 1.82) is 15.8 Å². The fourth-order valence-corrected chi connectivity index (χ4v) is 8.19. The summed E-state index contributed by atoms with van der Waals surface area (Å²) in [5.74, 6) is -7.30. The monoisotopic (exact) mass is 733 g/mol. The lowest BCUT2D eigenvalue weighted by Gasteiger charge is -2.13. The van der Waals surface area contributed by atoms with Gasteiger partial charge in [-0.1, -0.05) is 24.3 Å². The van der Waals surface area contributed by atoms with E-state index in [1.165, 1.54) is 37.3 Å². The van der Waals surface area contributed by atoms with Crippen LogP contribution in [0.3, 0.4) is 0 Å². The molecule has 0 unspecified atom stereocenters. The first kappa shape index (κ1) is 34.3. The summed E-state index contributed by atoms with van der Waals surface area (Å²) in [7, 11) is 0. The number of alkyl halides is 6. The van der Waals surface area contributed by atoms with Gasteiger partial charge in [0.15, 0.2) is 0 Å². The summed E-state index contributed by atoms with van der Waals surface area (Å²) >= 11 is 1.11. The molecule has 0 radical (unpaired) electrons. The number of halogens is 10. The molecule has 2 aliphatic carbocycles. The van der Waals surface area contributed by atoms with Crippen molar-refractivity contribution in [1.82, 2.24) is 0 Å². The average molecular weight is 734 g/mol. The molecule has 0 bridgehead atoms. The third-order valence-electron chi connectivity index (χ3n) is 8.81. The summed E-state index contributed by atoms with van der Waals surface area (Å²) in [5, 5.41) is 29.8. The first-order valence-corrected chi connectivity index (χ1v) is 15.6. The lowest BCUT2D eigenvalue weighted by molar-refractivity contribution is -0.143. The van der Waals surface area contributed by atoms with E-state index in [0.29, 0.717) is 67.4 Å². The lowest BCUT2D eigenvalue weighted by atomic mass is 9.93. The summed E-state index contributed by atoms with van der Waals surface area (Å²) in [6.07, 6.45) is -10.6. The third-order valence-corrected chi connectivity index (χ3v) is 10.0. The summed E-state index contributed by atoms with van der Waals surface area (Å²) in [6, 6.07) is 16.7. The van der Waals surface area contributed by atoms with Gasteiger partial charge in [-0.15, -0.1) is 11.3 Å². The number of fused-ring (bicyclic) bond motifs is 7. The molecule has 4 aromatic carbocycles. The molecule has 7 rings (SSSR count). The Kier molecular flexibility index (Phi) is 7.71. The van der Waals surface area contributed by atoms with Gasteiger partial charge < -0.3 is 0 Å². The van der Waals surface area contributed by atoms with Crippen LogP contribution in [0, 0.1) is 57.3 Å². The fraction of sp³-hybridized carbons (Fsp3) is 0.0789. The maximum atomic E-state index is 14.5. The largest absolute Gasteiger partial charge is 0.422 e. The number of benzene rings is 4. The average Bonchev–Trinajstić information content (AvgIpc) is 3.68. The van der Waals surface area contributed by atoms with Crippen LogP contribution in [-0.2, 0) is 12.4 Å². The van der Waals surface area contributed by atoms with E-state index in [-0.39, 0.29) is 44.5 Å². The Morgan fingerprint density at radius 1 is 0.519 bits per heavy atom. The Hall–Kier alpha value is -6.17. The highest BCUT2D eigenvalue weighted by atomic mass is 32.1. The molecule has 2 aliphatic rings. The Morgan fingerprint density at radius 3 is 1.27 bits per heavy atom. The molecule has 3 nitrogen and oxygen atoms in total. The second-order valence-electron chi connectivity index (χ2n) is 11.7. The third kappa shape index (κ3) is 5.08. The van der Waals surface area contributed by atoms with Crippen LogP contribution in [0.25, 0.3) is 55.7 Å². The number of nitrogens with zero attached hydrogens (tertiary/aromatic N) is 3. The molecule has 0 aliphatic heterocycles. The van der Waals surface area contributed by atoms with E-state index in [4.69, 9.17) is 0 Å². The van der Waals surface area contributed by atoms with Crippen molar-refractivity contribution >= 4 is 22.5 Å². The molecule has 5 aromatic rings. The molecule has 14 heteroatoms. The van der Waals surface area contributed by atoms with Crippen molar-refractivity contribution < 1.29 is 43.9 Å². The van der Waals surface area contributed by atoms with Gasteiger partial charge in [-0.3, -0.25) is 0 Å². The molecule has 256 valence electrons. The van der Waals surface area contributed by atoms with Gasteiger partial charge in [0.25, 0.3) is 0 Å². The predicted octanol–water partition coefficient (Wildman–Crippen LogP) is 11.8. The van der Waals surface area contributed by atoms with E-state index in [2.05, 4.69) is 6.07 Å². The van der Waals surface area contributed by atoms with Crippen LogP contribution in [0.2, 0.25) is 0 Å². The topological polar surface area (TPSA) is 71.4 Å². The molecule has 1 heterocycles. The second-order valence-corrected chi connectivity index (χ2v) is 12.8. The number of thiophene rings is 1. The van der Waals surface area contributed by atoms with Gasteiger partial charge in [-0.25, -0.2) is 17.6 Å². The SMILES string of the molecule is C/C(C#N)=C1/c2cc(-c3cc(F)c(C(F)(F)F)c(F)c3)ccc2-c2c1sc1c2-c2ccc(-c3cc(F)c(C(F)(F)F)c(F)c3)cc2C1=C(C#N)C#N. The Bertz CT molecular complexity index is 2580. The minimum Gasteiger partial charge on any atom is -0.206 e. The highest BCUT2D eigenvalue weighted by Crippen LogP contribution is 2.62. The summed E-state index contributed by atoms with van der Waals surface area (Å²) in [5.41, 5.74) is -1.25. The van der Waals surface area contributed by atoms with Crippen LogP contribution in [0.5, 0.6) is 0 Å². The molecule has 0 saturated heterocycles. The summed E-state index contributed by atoms with van der Waals surface area (Å²) < 4.78 is 138. The van der Waals surface area contributed by atoms with Gasteiger partial charge in [-0.2, -0.15) is 42.1 Å². The first-order chi connectivity index (χ1) is 24.5. The molecule has 0 fully saturated rings. The van der Waals surface area contributed by atoms with E-state index in [1.54, 1.807) is 6.07 Å². The van der Waals surface area contributed by atoms with Gasteiger partial charge in [0.05, 0.1) is 6.07 Å². The van der Waals surface area contributed by atoms with Gasteiger partial charge in [0, 0.05) is 37.6 Å². The molecule has 52 heavy (non-hydrogen) atoms. The van der Waals surface area contributed by atoms with Crippen molar-refractivity contribution in [3.63, 3.8) is 0 Å². The van der Waals surface area contributed by atoms with E-state index in [1.807, 2.05) is 12.1 Å². The van der Waals surface area contributed by atoms with Gasteiger partial charge in [0.1, 0.15) is 52.1 Å². The molecule has 0 N–H and O–H groups in total. The van der Waals surface area contributed by atoms with Gasteiger partial charge >= 0.3 is 12.4 Å². The van der Waals surface area contributed by atoms with Crippen molar-refractivity contribution in [3.8, 4) is 62.7 Å². The van der Waals surface area contributed by atoms with Crippen LogP contribution >= 0.6 is 11.3 Å². The maximum Gasteiger partial charge on any atom is 0.422 e. The maximum absolute atomic E-state index is 14.5. The number of nitriles is 3. The predicted molar refractivity (Wildman–Crippen MR) is 170 cm³/mol. The molecular formula is C38H13F10N3S. The first-order valence-electron chi connectivity index (χ1n) is 14.8. The fourth-order valence-electron chi connectivity index (χ4n) is 6.67. The zero-order valence-corrected chi connectivity index (χ0v) is 26.6. The molecule has 0 saturated carbocycles. The van der Waals surface area contributed by atoms with Gasteiger partial charge in [0.2, 0.25) is 0 Å². The smallest absolute Gasteiger partial charge is 0.206 e. The number of hydrogen-bond acceptors (Lipinski definition) is 4. The van der Waals surface area contributed by atoms with E-state index < -0.39 is 46.7 Å². The Balaban J connectivity index is 1.44. The molecule has 0 atom stereocenters. The zero-order chi connectivity index (χ0) is 37.6. The minimum absolute atomic E-state index is 0.0757. The van der Waals surface area contributed by atoms with Crippen LogP contribution < -0.4 is 0 Å². The number of allylic oxidation sites excluding steroid dienone is 2.